The summed E-state index contributed by atoms with van der Waals surface area (Å²) in [5.41, 5.74) is 0. The van der Waals surface area contributed by atoms with Gasteiger partial charge >= 0.3 is 0 Å². The first-order valence-electron chi connectivity index (χ1n) is 8.17. The number of nitrogens with zero attached hydrogens (tertiary/aromatic N) is 3. The SMILES string of the molecule is CCn1cnnc1CNC(=O)[C@@H](NS(=O)(=O)c1ccccc1F)C(C)C. The van der Waals surface area contributed by atoms with Crippen LogP contribution < -0.4 is 10.0 Å². The van der Waals surface area contributed by atoms with Gasteiger partial charge in [0, 0.05) is 6.54 Å². The van der Waals surface area contributed by atoms with E-state index >= 15 is 0 Å². The standard InChI is InChI=1S/C16H22FN5O3S/c1-4-22-10-19-20-14(22)9-18-16(23)15(11(2)3)21-26(24,25)13-8-6-5-7-12(13)17/h5-8,10-11,15,21H,4,9H2,1-3H3,(H,18,23)/t15-/m0/s1. The number of carbonyl (C=O) groups excluding carboxylic acids is 1. The molecule has 2 N–H and O–H groups in total. The second kappa shape index (κ2) is 8.37. The predicted molar refractivity (Wildman–Crippen MR) is 92.9 cm³/mol. The van der Waals surface area contributed by atoms with Gasteiger partial charge in [-0.2, -0.15) is 4.72 Å². The van der Waals surface area contributed by atoms with Crippen LogP contribution in [0.5, 0.6) is 0 Å². The van der Waals surface area contributed by atoms with Crippen LogP contribution >= 0.6 is 0 Å². The molecule has 0 saturated carbocycles. The van der Waals surface area contributed by atoms with Gasteiger partial charge in [-0.1, -0.05) is 26.0 Å². The molecule has 1 heterocycles. The molecular formula is C16H22FN5O3S. The van der Waals surface area contributed by atoms with E-state index in [0.29, 0.717) is 12.4 Å². The summed E-state index contributed by atoms with van der Waals surface area (Å²) in [5, 5.41) is 10.3. The van der Waals surface area contributed by atoms with Gasteiger partial charge in [0.05, 0.1) is 6.54 Å². The average Bonchev–Trinajstić information content (AvgIpc) is 3.05. The molecule has 0 saturated heterocycles. The molecule has 2 aromatic rings. The van der Waals surface area contributed by atoms with E-state index in [1.807, 2.05) is 6.92 Å². The van der Waals surface area contributed by atoms with E-state index in [-0.39, 0.29) is 12.5 Å². The fraction of sp³-hybridized carbons (Fsp3) is 0.438. The van der Waals surface area contributed by atoms with E-state index in [2.05, 4.69) is 20.2 Å². The van der Waals surface area contributed by atoms with Crippen molar-refractivity contribution in [3.05, 3.63) is 42.2 Å². The van der Waals surface area contributed by atoms with Crippen molar-refractivity contribution >= 4 is 15.9 Å². The molecule has 1 aromatic carbocycles. The summed E-state index contributed by atoms with van der Waals surface area (Å²) >= 11 is 0. The zero-order chi connectivity index (χ0) is 19.3. The van der Waals surface area contributed by atoms with E-state index in [4.69, 9.17) is 0 Å². The number of aromatic nitrogens is 3. The Morgan fingerprint density at radius 2 is 2.00 bits per heavy atom. The summed E-state index contributed by atoms with van der Waals surface area (Å²) in [4.78, 5) is 12.0. The maximum atomic E-state index is 13.8. The van der Waals surface area contributed by atoms with Crippen molar-refractivity contribution in [3.8, 4) is 0 Å². The van der Waals surface area contributed by atoms with Crippen LogP contribution in [-0.2, 0) is 27.9 Å². The third kappa shape index (κ3) is 4.64. The minimum atomic E-state index is -4.18. The fourth-order valence-corrected chi connectivity index (χ4v) is 3.76. The highest BCUT2D eigenvalue weighted by Gasteiger charge is 2.29. The second-order valence-corrected chi connectivity index (χ2v) is 7.71. The number of amides is 1. The van der Waals surface area contributed by atoms with E-state index < -0.39 is 32.7 Å². The van der Waals surface area contributed by atoms with Gasteiger partial charge in [0.2, 0.25) is 15.9 Å². The molecule has 0 unspecified atom stereocenters. The lowest BCUT2D eigenvalue weighted by molar-refractivity contribution is -0.123. The first-order chi connectivity index (χ1) is 12.3. The first kappa shape index (κ1) is 20.0. The van der Waals surface area contributed by atoms with Crippen LogP contribution in [0.4, 0.5) is 4.39 Å². The van der Waals surface area contributed by atoms with E-state index in [0.717, 1.165) is 12.1 Å². The monoisotopic (exact) mass is 383 g/mol. The molecule has 1 aromatic heterocycles. The first-order valence-corrected chi connectivity index (χ1v) is 9.65. The Bertz CT molecular complexity index is 866. The zero-order valence-electron chi connectivity index (χ0n) is 14.8. The zero-order valence-corrected chi connectivity index (χ0v) is 15.6. The molecule has 0 bridgehead atoms. The molecule has 0 aliphatic heterocycles. The topological polar surface area (TPSA) is 106 Å². The Hall–Kier alpha value is -2.33. The van der Waals surface area contributed by atoms with E-state index in [1.165, 1.54) is 12.1 Å². The van der Waals surface area contributed by atoms with Crippen LogP contribution in [0.1, 0.15) is 26.6 Å². The van der Waals surface area contributed by atoms with Crippen molar-refractivity contribution in [3.63, 3.8) is 0 Å². The third-order valence-electron chi connectivity index (χ3n) is 3.81. The highest BCUT2D eigenvalue weighted by molar-refractivity contribution is 7.89. The molecule has 26 heavy (non-hydrogen) atoms. The molecule has 1 amide bonds. The number of hydrogen-bond donors (Lipinski definition) is 2. The number of sulfonamides is 1. The smallest absolute Gasteiger partial charge is 0.244 e. The summed E-state index contributed by atoms with van der Waals surface area (Å²) in [6.07, 6.45) is 1.54. The average molecular weight is 383 g/mol. The van der Waals surface area contributed by atoms with Gasteiger partial charge in [-0.15, -0.1) is 10.2 Å². The van der Waals surface area contributed by atoms with Crippen molar-refractivity contribution in [2.24, 2.45) is 5.92 Å². The Kier molecular flexibility index (Phi) is 6.43. The van der Waals surface area contributed by atoms with Crippen LogP contribution in [0.3, 0.4) is 0 Å². The van der Waals surface area contributed by atoms with Crippen LogP contribution in [-0.4, -0.2) is 35.1 Å². The molecular weight excluding hydrogens is 361 g/mol. The maximum absolute atomic E-state index is 13.8. The molecule has 2 rings (SSSR count). The summed E-state index contributed by atoms with van der Waals surface area (Å²) in [6.45, 7) is 6.06. The molecule has 0 aliphatic rings. The lowest BCUT2D eigenvalue weighted by Crippen LogP contribution is -2.49. The van der Waals surface area contributed by atoms with Gasteiger partial charge in [0.1, 0.15) is 23.1 Å². The number of carbonyl (C=O) groups is 1. The van der Waals surface area contributed by atoms with Crippen LogP contribution in [0.25, 0.3) is 0 Å². The Labute approximate surface area is 151 Å². The number of rotatable bonds is 8. The number of halogens is 1. The number of hydrogen-bond acceptors (Lipinski definition) is 5. The molecule has 1 atom stereocenters. The predicted octanol–water partition coefficient (Wildman–Crippen LogP) is 1.06. The molecule has 0 aliphatic carbocycles. The van der Waals surface area contributed by atoms with E-state index in [9.17, 15) is 17.6 Å². The number of nitrogens with one attached hydrogen (secondary N) is 2. The minimum Gasteiger partial charge on any atom is -0.347 e. The highest BCUT2D eigenvalue weighted by atomic mass is 32.2. The summed E-state index contributed by atoms with van der Waals surface area (Å²) < 4.78 is 42.8. The van der Waals surface area contributed by atoms with Gasteiger partial charge < -0.3 is 9.88 Å². The molecule has 142 valence electrons. The quantitative estimate of drug-likeness (QED) is 0.709. The maximum Gasteiger partial charge on any atom is 0.244 e. The second-order valence-electron chi connectivity index (χ2n) is 6.02. The fourth-order valence-electron chi connectivity index (χ4n) is 2.34. The van der Waals surface area contributed by atoms with Gasteiger partial charge in [0.25, 0.3) is 0 Å². The lowest BCUT2D eigenvalue weighted by Gasteiger charge is -2.21. The Morgan fingerprint density at radius 1 is 1.31 bits per heavy atom. The number of benzene rings is 1. The molecule has 8 nitrogen and oxygen atoms in total. The van der Waals surface area contributed by atoms with Crippen LogP contribution in [0, 0.1) is 11.7 Å². The minimum absolute atomic E-state index is 0.108. The third-order valence-corrected chi connectivity index (χ3v) is 5.29. The van der Waals surface area contributed by atoms with Gasteiger partial charge in [-0.25, -0.2) is 12.8 Å². The summed E-state index contributed by atoms with van der Waals surface area (Å²) in [5.74, 6) is -1.19. The van der Waals surface area contributed by atoms with Crippen molar-refractivity contribution < 1.29 is 17.6 Å². The van der Waals surface area contributed by atoms with Gasteiger partial charge in [0.15, 0.2) is 5.82 Å². The summed E-state index contributed by atoms with van der Waals surface area (Å²) in [7, 11) is -4.18. The van der Waals surface area contributed by atoms with E-state index in [1.54, 1.807) is 24.7 Å². The van der Waals surface area contributed by atoms with Crippen LogP contribution in [0.15, 0.2) is 35.5 Å². The Morgan fingerprint density at radius 3 is 2.62 bits per heavy atom. The normalized spacial score (nSPS) is 13.0. The Balaban J connectivity index is 2.13. The van der Waals surface area contributed by atoms with Crippen molar-refractivity contribution in [1.82, 2.24) is 24.8 Å². The largest absolute Gasteiger partial charge is 0.347 e. The molecule has 10 heteroatoms. The lowest BCUT2D eigenvalue weighted by atomic mass is 10.1. The van der Waals surface area contributed by atoms with Crippen LogP contribution in [0.2, 0.25) is 0 Å². The van der Waals surface area contributed by atoms with Crippen molar-refractivity contribution in [2.75, 3.05) is 0 Å². The number of aryl methyl sites for hydroxylation is 1. The molecule has 0 spiro atoms. The van der Waals surface area contributed by atoms with Crippen molar-refractivity contribution in [2.45, 2.75) is 44.8 Å². The molecule has 0 fully saturated rings. The van der Waals surface area contributed by atoms with Gasteiger partial charge in [-0.3, -0.25) is 4.79 Å². The highest BCUT2D eigenvalue weighted by Crippen LogP contribution is 2.15. The van der Waals surface area contributed by atoms with Gasteiger partial charge in [-0.05, 0) is 25.0 Å². The summed E-state index contributed by atoms with van der Waals surface area (Å²) in [6, 6.07) is 3.95. The van der Waals surface area contributed by atoms with Crippen molar-refractivity contribution in [1.29, 1.82) is 0 Å². The molecule has 0 radical (unpaired) electrons.